The number of allylic oxidation sites excluding steroid dienone is 1. The van der Waals surface area contributed by atoms with Crippen LogP contribution in [-0.4, -0.2) is 46.5 Å². The molecule has 1 N–H and O–H groups in total. The van der Waals surface area contributed by atoms with Crippen molar-refractivity contribution in [2.75, 3.05) is 26.5 Å². The van der Waals surface area contributed by atoms with Crippen molar-refractivity contribution < 1.29 is 14.5 Å². The standard InChI is InChI=1S/C18H21N5O4.2ClH/c1-11-15(17(24)27-4)16(12-6-5-7-13(8-12)23(25)26)22-14(10-21(2)3)9-19-18(22)20-11;;/h5-9,16H,10H2,1-4H3,(H,19,20);2*1H. The number of nitrogens with one attached hydrogen (secondary N) is 1. The number of anilines is 1. The third-order valence-corrected chi connectivity index (χ3v) is 4.39. The number of fused-ring (bicyclic) bond motifs is 1. The van der Waals surface area contributed by atoms with Crippen molar-refractivity contribution in [1.82, 2.24) is 14.5 Å². The second-order valence-electron chi connectivity index (χ2n) is 6.59. The highest BCUT2D eigenvalue weighted by molar-refractivity contribution is 5.92. The van der Waals surface area contributed by atoms with E-state index in [0.717, 1.165) is 5.69 Å². The molecule has 0 bridgehead atoms. The van der Waals surface area contributed by atoms with Gasteiger partial charge in [0.1, 0.15) is 0 Å². The molecule has 0 radical (unpaired) electrons. The van der Waals surface area contributed by atoms with Crippen LogP contribution in [0.5, 0.6) is 0 Å². The van der Waals surface area contributed by atoms with E-state index in [1.165, 1.54) is 19.2 Å². The lowest BCUT2D eigenvalue weighted by Crippen LogP contribution is -2.30. The smallest absolute Gasteiger partial charge is 0.337 e. The van der Waals surface area contributed by atoms with Crippen molar-refractivity contribution >= 4 is 42.4 Å². The molecule has 1 atom stereocenters. The van der Waals surface area contributed by atoms with Gasteiger partial charge in [0.25, 0.3) is 5.69 Å². The fraction of sp³-hybridized carbons (Fsp3) is 0.333. The molecular weight excluding hydrogens is 421 g/mol. The van der Waals surface area contributed by atoms with Gasteiger partial charge in [-0.1, -0.05) is 12.1 Å². The van der Waals surface area contributed by atoms with Crippen LogP contribution < -0.4 is 5.32 Å². The number of esters is 1. The molecule has 0 fully saturated rings. The number of hydrogen-bond acceptors (Lipinski definition) is 7. The van der Waals surface area contributed by atoms with Gasteiger partial charge in [-0.15, -0.1) is 24.8 Å². The summed E-state index contributed by atoms with van der Waals surface area (Å²) in [7, 11) is 5.18. The summed E-state index contributed by atoms with van der Waals surface area (Å²) < 4.78 is 6.87. The van der Waals surface area contributed by atoms with Gasteiger partial charge in [0.15, 0.2) is 0 Å². The van der Waals surface area contributed by atoms with E-state index >= 15 is 0 Å². The van der Waals surface area contributed by atoms with Gasteiger partial charge in [-0.3, -0.25) is 10.1 Å². The van der Waals surface area contributed by atoms with Gasteiger partial charge < -0.3 is 19.5 Å². The van der Waals surface area contributed by atoms with Gasteiger partial charge >= 0.3 is 5.97 Å². The molecule has 1 aliphatic rings. The minimum absolute atomic E-state index is 0. The van der Waals surface area contributed by atoms with Crippen LogP contribution in [0.15, 0.2) is 41.7 Å². The van der Waals surface area contributed by atoms with E-state index in [1.54, 1.807) is 25.3 Å². The third-order valence-electron chi connectivity index (χ3n) is 4.39. The molecule has 0 saturated heterocycles. The molecule has 1 aromatic carbocycles. The molecular formula is C18H23Cl2N5O4. The number of imidazole rings is 1. The summed E-state index contributed by atoms with van der Waals surface area (Å²) in [6.07, 6.45) is 1.74. The minimum Gasteiger partial charge on any atom is -0.466 e. The van der Waals surface area contributed by atoms with Crippen molar-refractivity contribution in [2.45, 2.75) is 19.5 Å². The van der Waals surface area contributed by atoms with Gasteiger partial charge in [-0.2, -0.15) is 0 Å². The molecule has 2 aromatic rings. The Kier molecular flexibility index (Phi) is 8.19. The van der Waals surface area contributed by atoms with Gasteiger partial charge in [0, 0.05) is 24.4 Å². The number of aromatic nitrogens is 2. The van der Waals surface area contributed by atoms with Crippen molar-refractivity contribution in [3.8, 4) is 0 Å². The average molecular weight is 444 g/mol. The number of methoxy groups -OCH3 is 1. The summed E-state index contributed by atoms with van der Waals surface area (Å²) in [4.78, 5) is 29.7. The van der Waals surface area contributed by atoms with Gasteiger partial charge in [-0.05, 0) is 26.6 Å². The van der Waals surface area contributed by atoms with Crippen LogP contribution >= 0.6 is 24.8 Å². The van der Waals surface area contributed by atoms with Crippen LogP contribution in [0.4, 0.5) is 11.6 Å². The summed E-state index contributed by atoms with van der Waals surface area (Å²) in [6.45, 7) is 2.36. The second-order valence-corrected chi connectivity index (χ2v) is 6.59. The number of non-ortho nitro benzene ring substituents is 1. The Morgan fingerprint density at radius 1 is 1.38 bits per heavy atom. The molecule has 2 heterocycles. The fourth-order valence-corrected chi connectivity index (χ4v) is 3.29. The van der Waals surface area contributed by atoms with E-state index in [2.05, 4.69) is 10.3 Å². The first kappa shape index (κ1) is 24.4. The lowest BCUT2D eigenvalue weighted by Gasteiger charge is -2.31. The van der Waals surface area contributed by atoms with E-state index in [4.69, 9.17) is 4.74 Å². The maximum atomic E-state index is 12.5. The molecule has 1 unspecified atom stereocenters. The Morgan fingerprint density at radius 3 is 2.66 bits per heavy atom. The number of nitrogens with zero attached hydrogens (tertiary/aromatic N) is 4. The van der Waals surface area contributed by atoms with Crippen molar-refractivity contribution in [3.63, 3.8) is 0 Å². The monoisotopic (exact) mass is 443 g/mol. The molecule has 9 nitrogen and oxygen atoms in total. The van der Waals surface area contributed by atoms with Gasteiger partial charge in [-0.25, -0.2) is 9.78 Å². The molecule has 3 rings (SSSR count). The number of benzene rings is 1. The largest absolute Gasteiger partial charge is 0.466 e. The number of carbonyl (C=O) groups excluding carboxylic acids is 1. The number of carbonyl (C=O) groups is 1. The Labute approximate surface area is 180 Å². The van der Waals surface area contributed by atoms with E-state index in [0.29, 0.717) is 29.3 Å². The Hall–Kier alpha value is -2.62. The molecule has 0 aliphatic carbocycles. The van der Waals surface area contributed by atoms with Crippen molar-refractivity contribution in [1.29, 1.82) is 0 Å². The first-order chi connectivity index (χ1) is 12.8. The first-order valence-electron chi connectivity index (χ1n) is 8.34. The van der Waals surface area contributed by atoms with Crippen LogP contribution in [0.1, 0.15) is 24.2 Å². The first-order valence-corrected chi connectivity index (χ1v) is 8.34. The second kappa shape index (κ2) is 9.73. The highest BCUT2D eigenvalue weighted by Crippen LogP contribution is 2.38. The quantitative estimate of drug-likeness (QED) is 0.429. The van der Waals surface area contributed by atoms with Crippen molar-refractivity contribution in [2.24, 2.45) is 0 Å². The summed E-state index contributed by atoms with van der Waals surface area (Å²) in [5, 5.41) is 14.4. The number of hydrogen-bond donors (Lipinski definition) is 1. The van der Waals surface area contributed by atoms with E-state index in [-0.39, 0.29) is 30.5 Å². The Morgan fingerprint density at radius 2 is 2.07 bits per heavy atom. The molecule has 29 heavy (non-hydrogen) atoms. The number of nitro benzene ring substituents is 1. The molecule has 1 aromatic heterocycles. The molecule has 158 valence electrons. The van der Waals surface area contributed by atoms with Gasteiger partial charge in [0.05, 0.1) is 35.5 Å². The predicted octanol–water partition coefficient (Wildman–Crippen LogP) is 3.16. The number of rotatable bonds is 5. The lowest BCUT2D eigenvalue weighted by molar-refractivity contribution is -0.384. The topological polar surface area (TPSA) is 103 Å². The van der Waals surface area contributed by atoms with E-state index in [1.807, 2.05) is 23.6 Å². The lowest BCUT2D eigenvalue weighted by atomic mass is 9.94. The Bertz CT molecular complexity index is 942. The van der Waals surface area contributed by atoms with Crippen LogP contribution in [0.3, 0.4) is 0 Å². The molecule has 0 spiro atoms. The number of nitro groups is 1. The van der Waals surface area contributed by atoms with Crippen LogP contribution in [0.2, 0.25) is 0 Å². The predicted molar refractivity (Wildman–Crippen MR) is 114 cm³/mol. The normalized spacial score (nSPS) is 15.0. The summed E-state index contributed by atoms with van der Waals surface area (Å²) >= 11 is 0. The SMILES string of the molecule is COC(=O)C1=C(C)Nc2ncc(CN(C)C)n2C1c1cccc([N+](=O)[O-])c1.Cl.Cl. The summed E-state index contributed by atoms with van der Waals surface area (Å²) in [5.41, 5.74) is 2.44. The van der Waals surface area contributed by atoms with Gasteiger partial charge in [0.2, 0.25) is 5.95 Å². The zero-order chi connectivity index (χ0) is 19.7. The average Bonchev–Trinajstić information content (AvgIpc) is 3.01. The highest BCUT2D eigenvalue weighted by atomic mass is 35.5. The molecule has 1 aliphatic heterocycles. The molecule has 0 saturated carbocycles. The fourth-order valence-electron chi connectivity index (χ4n) is 3.29. The zero-order valence-corrected chi connectivity index (χ0v) is 18.0. The summed E-state index contributed by atoms with van der Waals surface area (Å²) in [5.74, 6) is 0.0835. The third kappa shape index (κ3) is 4.69. The maximum absolute atomic E-state index is 12.5. The maximum Gasteiger partial charge on any atom is 0.337 e. The van der Waals surface area contributed by atoms with Crippen LogP contribution in [0, 0.1) is 10.1 Å². The number of halogens is 2. The zero-order valence-electron chi connectivity index (χ0n) is 16.4. The van der Waals surface area contributed by atoms with E-state index < -0.39 is 16.9 Å². The van der Waals surface area contributed by atoms with E-state index in [9.17, 15) is 14.9 Å². The summed E-state index contributed by atoms with van der Waals surface area (Å²) in [6, 6.07) is 5.71. The highest BCUT2D eigenvalue weighted by Gasteiger charge is 2.35. The van der Waals surface area contributed by atoms with Crippen LogP contribution in [0.25, 0.3) is 0 Å². The Balaban J connectivity index is 0.00000210. The molecule has 11 heteroatoms. The van der Waals surface area contributed by atoms with Crippen molar-refractivity contribution in [3.05, 3.63) is 63.1 Å². The minimum atomic E-state index is -0.578. The van der Waals surface area contributed by atoms with Crippen LogP contribution in [-0.2, 0) is 16.1 Å². The molecule has 0 amide bonds. The number of ether oxygens (including phenoxy) is 1.